The average molecular weight is 195 g/mol. The van der Waals surface area contributed by atoms with E-state index >= 15 is 0 Å². The molecule has 0 radical (unpaired) electrons. The predicted octanol–water partition coefficient (Wildman–Crippen LogP) is 2.00. The molecule has 76 valence electrons. The van der Waals surface area contributed by atoms with Gasteiger partial charge >= 0.3 is 0 Å². The summed E-state index contributed by atoms with van der Waals surface area (Å²) in [5, 5.41) is 12.3. The van der Waals surface area contributed by atoms with E-state index in [2.05, 4.69) is 5.32 Å². The van der Waals surface area contributed by atoms with Gasteiger partial charge in [0, 0.05) is 6.07 Å². The fourth-order valence-electron chi connectivity index (χ4n) is 1.98. The molecule has 3 heteroatoms. The van der Waals surface area contributed by atoms with Crippen molar-refractivity contribution in [3.63, 3.8) is 0 Å². The minimum atomic E-state index is -0.281. The summed E-state index contributed by atoms with van der Waals surface area (Å²) in [5.74, 6) is 0.0222. The molecule has 1 aliphatic rings. The minimum absolute atomic E-state index is 0.000171. The summed E-state index contributed by atoms with van der Waals surface area (Å²) in [5.41, 5.74) is 0.740. The van der Waals surface area contributed by atoms with Crippen molar-refractivity contribution in [2.75, 3.05) is 13.1 Å². The van der Waals surface area contributed by atoms with Crippen molar-refractivity contribution in [3.8, 4) is 5.75 Å². The Morgan fingerprint density at radius 2 is 2.00 bits per heavy atom. The zero-order valence-corrected chi connectivity index (χ0v) is 7.96. The van der Waals surface area contributed by atoms with Crippen molar-refractivity contribution in [2.24, 2.45) is 0 Å². The van der Waals surface area contributed by atoms with Gasteiger partial charge in [-0.2, -0.15) is 0 Å². The molecular formula is C11H14FNO. The van der Waals surface area contributed by atoms with E-state index < -0.39 is 0 Å². The molecule has 2 nitrogen and oxygen atoms in total. The summed E-state index contributed by atoms with van der Waals surface area (Å²) >= 11 is 0. The van der Waals surface area contributed by atoms with Crippen LogP contribution in [0.25, 0.3) is 0 Å². The number of hydrogen-bond donors (Lipinski definition) is 2. The number of nitrogens with one attached hydrogen (secondary N) is 1. The molecule has 0 atom stereocenters. The van der Waals surface area contributed by atoms with Crippen LogP contribution in [0.5, 0.6) is 5.75 Å². The molecule has 1 aromatic carbocycles. The lowest BCUT2D eigenvalue weighted by Crippen LogP contribution is -2.27. The van der Waals surface area contributed by atoms with Gasteiger partial charge in [0.1, 0.15) is 11.6 Å². The Kier molecular flexibility index (Phi) is 2.68. The number of rotatable bonds is 1. The summed E-state index contributed by atoms with van der Waals surface area (Å²) in [6, 6.07) is 4.44. The van der Waals surface area contributed by atoms with Crippen LogP contribution in [0.3, 0.4) is 0 Å². The largest absolute Gasteiger partial charge is 0.508 e. The minimum Gasteiger partial charge on any atom is -0.508 e. The van der Waals surface area contributed by atoms with Gasteiger partial charge in [0.25, 0.3) is 0 Å². The normalized spacial score (nSPS) is 18.4. The maximum absolute atomic E-state index is 13.5. The maximum Gasteiger partial charge on any atom is 0.130 e. The Morgan fingerprint density at radius 1 is 1.29 bits per heavy atom. The van der Waals surface area contributed by atoms with E-state index in [1.165, 1.54) is 6.07 Å². The number of phenolic OH excluding ortho intramolecular Hbond substituents is 1. The summed E-state index contributed by atoms with van der Waals surface area (Å²) < 4.78 is 13.5. The Hall–Kier alpha value is -1.09. The molecule has 0 saturated carbocycles. The van der Waals surface area contributed by atoms with Crippen LogP contribution in [-0.2, 0) is 0 Å². The molecule has 1 aromatic rings. The van der Waals surface area contributed by atoms with E-state index in [0.717, 1.165) is 31.5 Å². The molecule has 0 unspecified atom stereocenters. The molecule has 14 heavy (non-hydrogen) atoms. The molecule has 0 bridgehead atoms. The highest BCUT2D eigenvalue weighted by molar-refractivity contribution is 5.30. The van der Waals surface area contributed by atoms with Crippen LogP contribution in [0.2, 0.25) is 0 Å². The molecule has 2 rings (SSSR count). The van der Waals surface area contributed by atoms with Crippen LogP contribution in [0.1, 0.15) is 24.3 Å². The lowest BCUT2D eigenvalue weighted by molar-refractivity contribution is 0.438. The van der Waals surface area contributed by atoms with E-state index in [9.17, 15) is 4.39 Å². The summed E-state index contributed by atoms with van der Waals surface area (Å²) in [6.07, 6.45) is 1.95. The summed E-state index contributed by atoms with van der Waals surface area (Å²) in [6.45, 7) is 1.90. The highest BCUT2D eigenvalue weighted by Crippen LogP contribution is 2.28. The number of halogens is 1. The van der Waals surface area contributed by atoms with Crippen LogP contribution in [0.4, 0.5) is 4.39 Å². The van der Waals surface area contributed by atoms with Gasteiger partial charge in [0.2, 0.25) is 0 Å². The SMILES string of the molecule is Oc1ccc(C2CCNCC2)c(F)c1. The quantitative estimate of drug-likeness (QED) is 0.718. The van der Waals surface area contributed by atoms with E-state index in [4.69, 9.17) is 5.11 Å². The van der Waals surface area contributed by atoms with Gasteiger partial charge in [-0.15, -0.1) is 0 Å². The van der Waals surface area contributed by atoms with Gasteiger partial charge < -0.3 is 10.4 Å². The molecule has 1 aliphatic heterocycles. The lowest BCUT2D eigenvalue weighted by Gasteiger charge is -2.23. The molecule has 2 N–H and O–H groups in total. The zero-order valence-electron chi connectivity index (χ0n) is 7.96. The van der Waals surface area contributed by atoms with Gasteiger partial charge in [0.15, 0.2) is 0 Å². The summed E-state index contributed by atoms with van der Waals surface area (Å²) in [7, 11) is 0. The second kappa shape index (κ2) is 3.96. The monoisotopic (exact) mass is 195 g/mol. The van der Waals surface area contributed by atoms with Crippen LogP contribution in [0, 0.1) is 5.82 Å². The van der Waals surface area contributed by atoms with Crippen molar-refractivity contribution in [3.05, 3.63) is 29.6 Å². The van der Waals surface area contributed by atoms with Crippen LogP contribution in [0.15, 0.2) is 18.2 Å². The van der Waals surface area contributed by atoms with Crippen molar-refractivity contribution >= 4 is 0 Å². The fraction of sp³-hybridized carbons (Fsp3) is 0.455. The second-order valence-electron chi connectivity index (χ2n) is 3.73. The second-order valence-corrected chi connectivity index (χ2v) is 3.73. The van der Waals surface area contributed by atoms with E-state index in [0.29, 0.717) is 5.92 Å². The van der Waals surface area contributed by atoms with Crippen LogP contribution < -0.4 is 5.32 Å². The molecule has 1 fully saturated rings. The van der Waals surface area contributed by atoms with Gasteiger partial charge in [0.05, 0.1) is 0 Å². The van der Waals surface area contributed by atoms with Crippen molar-refractivity contribution in [1.82, 2.24) is 5.32 Å². The van der Waals surface area contributed by atoms with Gasteiger partial charge in [-0.3, -0.25) is 0 Å². The number of aromatic hydroxyl groups is 1. The first-order chi connectivity index (χ1) is 6.77. The molecule has 0 spiro atoms. The molecule has 0 aromatic heterocycles. The maximum atomic E-state index is 13.5. The number of piperidine rings is 1. The molecular weight excluding hydrogens is 181 g/mol. The Labute approximate surface area is 82.8 Å². The molecule has 1 heterocycles. The Balaban J connectivity index is 2.22. The first-order valence-corrected chi connectivity index (χ1v) is 4.96. The predicted molar refractivity (Wildman–Crippen MR) is 52.9 cm³/mol. The topological polar surface area (TPSA) is 32.3 Å². The standard InChI is InChI=1S/C11H14FNO/c12-11-7-9(14)1-2-10(11)8-3-5-13-6-4-8/h1-2,7-8,13-14H,3-6H2. The van der Waals surface area contributed by atoms with Crippen LogP contribution in [-0.4, -0.2) is 18.2 Å². The third kappa shape index (κ3) is 1.87. The summed E-state index contributed by atoms with van der Waals surface area (Å²) in [4.78, 5) is 0. The molecule has 0 amide bonds. The first kappa shape index (κ1) is 9.46. The van der Waals surface area contributed by atoms with Crippen molar-refractivity contribution in [2.45, 2.75) is 18.8 Å². The van der Waals surface area contributed by atoms with E-state index in [-0.39, 0.29) is 11.6 Å². The van der Waals surface area contributed by atoms with Gasteiger partial charge in [-0.1, -0.05) is 6.07 Å². The van der Waals surface area contributed by atoms with Crippen molar-refractivity contribution in [1.29, 1.82) is 0 Å². The highest BCUT2D eigenvalue weighted by atomic mass is 19.1. The van der Waals surface area contributed by atoms with Gasteiger partial charge in [-0.25, -0.2) is 4.39 Å². The first-order valence-electron chi connectivity index (χ1n) is 4.96. The third-order valence-corrected chi connectivity index (χ3v) is 2.76. The van der Waals surface area contributed by atoms with Crippen LogP contribution >= 0.6 is 0 Å². The lowest BCUT2D eigenvalue weighted by atomic mass is 9.90. The smallest absolute Gasteiger partial charge is 0.130 e. The molecule has 0 aliphatic carbocycles. The fourth-order valence-corrected chi connectivity index (χ4v) is 1.98. The Bertz CT molecular complexity index is 321. The zero-order chi connectivity index (χ0) is 9.97. The Morgan fingerprint density at radius 3 is 2.64 bits per heavy atom. The van der Waals surface area contributed by atoms with E-state index in [1.54, 1.807) is 12.1 Å². The molecule has 1 saturated heterocycles. The third-order valence-electron chi connectivity index (χ3n) is 2.76. The van der Waals surface area contributed by atoms with E-state index in [1.807, 2.05) is 0 Å². The number of benzene rings is 1. The number of phenols is 1. The number of hydrogen-bond acceptors (Lipinski definition) is 2. The average Bonchev–Trinajstić information content (AvgIpc) is 2.19. The van der Waals surface area contributed by atoms with Gasteiger partial charge in [-0.05, 0) is 43.5 Å². The van der Waals surface area contributed by atoms with Crippen molar-refractivity contribution < 1.29 is 9.50 Å². The highest BCUT2D eigenvalue weighted by Gasteiger charge is 2.18.